The van der Waals surface area contributed by atoms with Crippen LogP contribution in [-0.4, -0.2) is 52.9 Å². The van der Waals surface area contributed by atoms with Gasteiger partial charge in [-0.05, 0) is 51.2 Å². The summed E-state index contributed by atoms with van der Waals surface area (Å²) in [6.07, 6.45) is 1.79. The van der Waals surface area contributed by atoms with Crippen molar-refractivity contribution < 1.29 is 33.1 Å². The summed E-state index contributed by atoms with van der Waals surface area (Å²) in [6.45, 7) is 1.55. The van der Waals surface area contributed by atoms with Crippen molar-refractivity contribution in [3.63, 3.8) is 0 Å². The van der Waals surface area contributed by atoms with E-state index in [1.54, 1.807) is 0 Å². The molecule has 0 aromatic heterocycles. The molecule has 3 aliphatic carbocycles. The Kier molecular flexibility index (Phi) is 5.89. The van der Waals surface area contributed by atoms with Crippen LogP contribution in [0.3, 0.4) is 0 Å². The Labute approximate surface area is 178 Å². The van der Waals surface area contributed by atoms with Crippen molar-refractivity contribution in [3.8, 4) is 5.75 Å². The van der Waals surface area contributed by atoms with Crippen LogP contribution >= 0.6 is 0 Å². The standard InChI is InChI=1S/C21H27F2N3O5/c1-12-8-16(31-26-12)19(29)25-20-4-6-21(7-5-20,17(27)10-20)24-18(28)11-30-13-2-3-14(22)15(23)9-13/h2-3,9,12,16-17,26-27H,4-8,10-11H2,1H3,(H,24,28)(H,25,29). The Morgan fingerprint density at radius 2 is 1.97 bits per heavy atom. The van der Waals surface area contributed by atoms with Crippen molar-refractivity contribution >= 4 is 11.8 Å². The number of halogens is 2. The number of fused-ring (bicyclic) bond motifs is 3. The molecule has 1 aliphatic heterocycles. The molecule has 8 nitrogen and oxygen atoms in total. The lowest BCUT2D eigenvalue weighted by atomic mass is 9.60. The SMILES string of the molecule is CC1CC(C(=O)NC23CCC(NC(=O)COc4ccc(F)c(F)c4)(CC2)C(O)C3)ON1. The van der Waals surface area contributed by atoms with E-state index in [1.165, 1.54) is 6.07 Å². The molecule has 0 radical (unpaired) electrons. The third-order valence-electron chi connectivity index (χ3n) is 6.63. The number of nitrogens with one attached hydrogen (secondary N) is 3. The Morgan fingerprint density at radius 1 is 1.23 bits per heavy atom. The Balaban J connectivity index is 1.31. The number of ether oxygens (including phenoxy) is 1. The number of hydrogen-bond donors (Lipinski definition) is 4. The van der Waals surface area contributed by atoms with E-state index in [1.807, 2.05) is 6.92 Å². The van der Waals surface area contributed by atoms with Gasteiger partial charge in [-0.2, -0.15) is 5.48 Å². The predicted octanol–water partition coefficient (Wildman–Crippen LogP) is 1.07. The average molecular weight is 439 g/mol. The fraction of sp³-hybridized carbons (Fsp3) is 0.619. The number of benzene rings is 1. The van der Waals surface area contributed by atoms with E-state index >= 15 is 0 Å². The summed E-state index contributed by atoms with van der Waals surface area (Å²) in [4.78, 5) is 30.3. The lowest BCUT2D eigenvalue weighted by molar-refractivity contribution is -0.142. The molecule has 1 heterocycles. The highest BCUT2D eigenvalue weighted by Gasteiger charge is 2.55. The van der Waals surface area contributed by atoms with E-state index in [-0.39, 0.29) is 24.3 Å². The van der Waals surface area contributed by atoms with Crippen molar-refractivity contribution in [2.45, 2.75) is 74.8 Å². The molecule has 2 amide bonds. The van der Waals surface area contributed by atoms with Crippen LogP contribution in [0.1, 0.15) is 45.4 Å². The first-order valence-electron chi connectivity index (χ1n) is 10.5. The molecule has 1 aromatic rings. The maximum absolute atomic E-state index is 13.3. The van der Waals surface area contributed by atoms with Crippen molar-refractivity contribution in [2.24, 2.45) is 0 Å². The molecule has 3 unspecified atom stereocenters. The van der Waals surface area contributed by atoms with Gasteiger partial charge in [0.1, 0.15) is 5.75 Å². The minimum atomic E-state index is -1.06. The lowest BCUT2D eigenvalue weighted by Gasteiger charge is -2.56. The molecule has 1 saturated heterocycles. The maximum atomic E-state index is 13.3. The summed E-state index contributed by atoms with van der Waals surface area (Å²) in [5.41, 5.74) is 1.48. The molecule has 4 fully saturated rings. The third kappa shape index (κ3) is 4.51. The highest BCUT2D eigenvalue weighted by atomic mass is 19.2. The third-order valence-corrected chi connectivity index (χ3v) is 6.63. The van der Waals surface area contributed by atoms with Crippen LogP contribution in [0.2, 0.25) is 0 Å². The summed E-state index contributed by atoms with van der Waals surface area (Å²) >= 11 is 0. The highest BCUT2D eigenvalue weighted by molar-refractivity contribution is 5.82. The second kappa shape index (κ2) is 8.33. The molecule has 31 heavy (non-hydrogen) atoms. The van der Waals surface area contributed by atoms with Gasteiger partial charge in [-0.25, -0.2) is 8.78 Å². The number of rotatable bonds is 6. The van der Waals surface area contributed by atoms with Gasteiger partial charge in [0.2, 0.25) is 0 Å². The van der Waals surface area contributed by atoms with Crippen LogP contribution in [-0.2, 0) is 14.4 Å². The van der Waals surface area contributed by atoms with Crippen LogP contribution in [0.4, 0.5) is 8.78 Å². The zero-order valence-electron chi connectivity index (χ0n) is 17.2. The number of aliphatic hydroxyl groups excluding tert-OH is 1. The van der Waals surface area contributed by atoms with Gasteiger partial charge in [0.15, 0.2) is 24.3 Å². The first kappa shape index (κ1) is 21.9. The summed E-state index contributed by atoms with van der Waals surface area (Å²) in [5.74, 6) is -2.66. The summed E-state index contributed by atoms with van der Waals surface area (Å²) in [7, 11) is 0. The Bertz CT molecular complexity index is 859. The van der Waals surface area contributed by atoms with Crippen molar-refractivity contribution in [1.82, 2.24) is 16.1 Å². The lowest BCUT2D eigenvalue weighted by Crippen LogP contribution is -2.70. The highest BCUT2D eigenvalue weighted by Crippen LogP contribution is 2.47. The Hall–Kier alpha value is -2.30. The van der Waals surface area contributed by atoms with Gasteiger partial charge in [-0.1, -0.05) is 0 Å². The number of aliphatic hydroxyl groups is 1. The molecule has 4 N–H and O–H groups in total. The zero-order chi connectivity index (χ0) is 22.2. The van der Waals surface area contributed by atoms with Crippen molar-refractivity contribution in [2.75, 3.05) is 6.61 Å². The quantitative estimate of drug-likeness (QED) is 0.528. The largest absolute Gasteiger partial charge is 0.484 e. The number of hydrogen-bond acceptors (Lipinski definition) is 6. The summed E-state index contributed by atoms with van der Waals surface area (Å²) in [6, 6.07) is 3.14. The van der Waals surface area contributed by atoms with Crippen LogP contribution in [0.15, 0.2) is 18.2 Å². The first-order valence-corrected chi connectivity index (χ1v) is 10.5. The van der Waals surface area contributed by atoms with Gasteiger partial charge < -0.3 is 20.5 Å². The van der Waals surface area contributed by atoms with E-state index in [9.17, 15) is 23.5 Å². The van der Waals surface area contributed by atoms with Gasteiger partial charge in [-0.3, -0.25) is 14.4 Å². The fourth-order valence-corrected chi connectivity index (χ4v) is 4.81. The monoisotopic (exact) mass is 439 g/mol. The molecule has 3 saturated carbocycles. The first-order chi connectivity index (χ1) is 14.7. The topological polar surface area (TPSA) is 109 Å². The molecular formula is C21H27F2N3O5. The average Bonchev–Trinajstić information content (AvgIpc) is 3.17. The second-order valence-electron chi connectivity index (χ2n) is 8.92. The van der Waals surface area contributed by atoms with Crippen molar-refractivity contribution in [1.29, 1.82) is 0 Å². The van der Waals surface area contributed by atoms with E-state index < -0.39 is 40.8 Å². The maximum Gasteiger partial charge on any atom is 0.258 e. The normalized spacial score (nSPS) is 34.4. The number of hydroxylamine groups is 1. The van der Waals surface area contributed by atoms with E-state index in [0.29, 0.717) is 38.5 Å². The van der Waals surface area contributed by atoms with Gasteiger partial charge in [0.25, 0.3) is 11.8 Å². The molecular weight excluding hydrogens is 412 g/mol. The van der Waals surface area contributed by atoms with Crippen LogP contribution in [0.5, 0.6) is 5.75 Å². The number of carbonyl (C=O) groups is 2. The summed E-state index contributed by atoms with van der Waals surface area (Å²) < 4.78 is 31.5. The minimum Gasteiger partial charge on any atom is -0.484 e. The molecule has 2 bridgehead atoms. The van der Waals surface area contributed by atoms with Gasteiger partial charge in [-0.15, -0.1) is 0 Å². The van der Waals surface area contributed by atoms with Crippen LogP contribution in [0, 0.1) is 11.6 Å². The van der Waals surface area contributed by atoms with E-state index in [0.717, 1.165) is 12.1 Å². The zero-order valence-corrected chi connectivity index (χ0v) is 17.2. The molecule has 3 atom stereocenters. The van der Waals surface area contributed by atoms with Gasteiger partial charge in [0, 0.05) is 24.1 Å². The molecule has 4 aliphatic rings. The van der Waals surface area contributed by atoms with E-state index in [4.69, 9.17) is 9.57 Å². The Morgan fingerprint density at radius 3 is 2.58 bits per heavy atom. The molecule has 1 aromatic carbocycles. The fourth-order valence-electron chi connectivity index (χ4n) is 4.81. The minimum absolute atomic E-state index is 0.0408. The molecule has 170 valence electrons. The second-order valence-corrected chi connectivity index (χ2v) is 8.92. The molecule has 10 heteroatoms. The van der Waals surface area contributed by atoms with Gasteiger partial charge in [0.05, 0.1) is 11.6 Å². The van der Waals surface area contributed by atoms with Crippen LogP contribution in [0.25, 0.3) is 0 Å². The summed E-state index contributed by atoms with van der Waals surface area (Å²) in [5, 5.41) is 16.7. The van der Waals surface area contributed by atoms with E-state index in [2.05, 4.69) is 16.1 Å². The number of carbonyl (C=O) groups excluding carboxylic acids is 2. The van der Waals surface area contributed by atoms with Gasteiger partial charge >= 0.3 is 0 Å². The van der Waals surface area contributed by atoms with Crippen LogP contribution < -0.4 is 20.9 Å². The predicted molar refractivity (Wildman–Crippen MR) is 105 cm³/mol. The number of amides is 2. The van der Waals surface area contributed by atoms with Crippen molar-refractivity contribution in [3.05, 3.63) is 29.8 Å². The smallest absolute Gasteiger partial charge is 0.258 e. The molecule has 5 rings (SSSR count). The molecule has 0 spiro atoms.